The van der Waals surface area contributed by atoms with E-state index in [1.165, 1.54) is 0 Å². The number of hydrogen-bond acceptors (Lipinski definition) is 5. The topological polar surface area (TPSA) is 75.7 Å². The van der Waals surface area contributed by atoms with Crippen molar-refractivity contribution in [1.29, 1.82) is 5.41 Å². The molecule has 0 radical (unpaired) electrons. The fourth-order valence-electron chi connectivity index (χ4n) is 1.35. The average molecular weight is 264 g/mol. The van der Waals surface area contributed by atoms with Crippen LogP contribution < -0.4 is 5.73 Å². The maximum atomic E-state index is 7.38. The molecular formula is C11H12N4S2. The zero-order valence-electron chi connectivity index (χ0n) is 9.52. The molecule has 17 heavy (non-hydrogen) atoms. The van der Waals surface area contributed by atoms with E-state index >= 15 is 0 Å². The summed E-state index contributed by atoms with van der Waals surface area (Å²) in [6.45, 7) is 3.94. The molecule has 0 saturated heterocycles. The van der Waals surface area contributed by atoms with Crippen LogP contribution in [-0.2, 0) is 0 Å². The van der Waals surface area contributed by atoms with Gasteiger partial charge in [-0.2, -0.15) is 0 Å². The molecule has 6 heteroatoms. The van der Waals surface area contributed by atoms with Crippen LogP contribution in [0.4, 0.5) is 0 Å². The molecule has 3 N–H and O–H groups in total. The van der Waals surface area contributed by atoms with E-state index < -0.39 is 0 Å². The second-order valence-corrected chi connectivity index (χ2v) is 6.05. The smallest absolute Gasteiger partial charge is 0.179 e. The number of aromatic nitrogens is 2. The Bertz CT molecular complexity index is 562. The summed E-state index contributed by atoms with van der Waals surface area (Å²) in [6, 6.07) is 5.73. The lowest BCUT2D eigenvalue weighted by Gasteiger charge is -2.05. The zero-order chi connectivity index (χ0) is 12.4. The van der Waals surface area contributed by atoms with E-state index in [9.17, 15) is 0 Å². The van der Waals surface area contributed by atoms with E-state index in [0.29, 0.717) is 0 Å². The van der Waals surface area contributed by atoms with Crippen LogP contribution in [0.25, 0.3) is 0 Å². The van der Waals surface area contributed by atoms with Gasteiger partial charge in [0.15, 0.2) is 4.34 Å². The van der Waals surface area contributed by atoms with Crippen LogP contribution in [0.3, 0.4) is 0 Å². The van der Waals surface area contributed by atoms with Gasteiger partial charge >= 0.3 is 0 Å². The number of benzene rings is 1. The van der Waals surface area contributed by atoms with Crippen LogP contribution in [0, 0.1) is 19.3 Å². The minimum Gasteiger partial charge on any atom is -0.384 e. The van der Waals surface area contributed by atoms with E-state index in [1.54, 1.807) is 23.1 Å². The molecule has 0 amide bonds. The van der Waals surface area contributed by atoms with Gasteiger partial charge in [-0.3, -0.25) is 5.41 Å². The molecule has 0 aliphatic heterocycles. The summed E-state index contributed by atoms with van der Waals surface area (Å²) in [5.74, 6) is 0.0939. The van der Waals surface area contributed by atoms with Gasteiger partial charge in [0.05, 0.1) is 0 Å². The SMILES string of the molecule is Cc1nnc(Sc2ccc(C(=N)N)cc2C)s1. The lowest BCUT2D eigenvalue weighted by molar-refractivity contribution is 0.983. The molecule has 4 nitrogen and oxygen atoms in total. The van der Waals surface area contributed by atoms with Crippen LogP contribution in [-0.4, -0.2) is 16.0 Å². The van der Waals surface area contributed by atoms with Crippen molar-refractivity contribution in [2.75, 3.05) is 0 Å². The number of rotatable bonds is 3. The second-order valence-electron chi connectivity index (χ2n) is 3.58. The third-order valence-electron chi connectivity index (χ3n) is 2.19. The molecule has 88 valence electrons. The maximum Gasteiger partial charge on any atom is 0.179 e. The second kappa shape index (κ2) is 4.85. The first-order valence-corrected chi connectivity index (χ1v) is 6.62. The third kappa shape index (κ3) is 2.83. The summed E-state index contributed by atoms with van der Waals surface area (Å²) in [7, 11) is 0. The molecule has 0 aliphatic carbocycles. The lowest BCUT2D eigenvalue weighted by atomic mass is 10.1. The van der Waals surface area contributed by atoms with Crippen molar-refractivity contribution in [3.63, 3.8) is 0 Å². The molecule has 0 aliphatic rings. The van der Waals surface area contributed by atoms with E-state index in [2.05, 4.69) is 10.2 Å². The van der Waals surface area contributed by atoms with Crippen molar-refractivity contribution in [2.24, 2.45) is 5.73 Å². The van der Waals surface area contributed by atoms with Crippen LogP contribution in [0.2, 0.25) is 0 Å². The Morgan fingerprint density at radius 1 is 1.35 bits per heavy atom. The normalized spacial score (nSPS) is 10.5. The Balaban J connectivity index is 2.25. The van der Waals surface area contributed by atoms with E-state index in [0.717, 1.165) is 25.4 Å². The number of hydrogen-bond donors (Lipinski definition) is 2. The van der Waals surface area contributed by atoms with Gasteiger partial charge in [-0.1, -0.05) is 29.2 Å². The Morgan fingerprint density at radius 2 is 2.12 bits per heavy atom. The van der Waals surface area contributed by atoms with E-state index in [-0.39, 0.29) is 5.84 Å². The summed E-state index contributed by atoms with van der Waals surface area (Å²) < 4.78 is 0.932. The number of aryl methyl sites for hydroxylation is 2. The van der Waals surface area contributed by atoms with Crippen molar-refractivity contribution >= 4 is 28.9 Å². The van der Waals surface area contributed by atoms with Gasteiger partial charge in [-0.05, 0) is 31.5 Å². The minimum absolute atomic E-state index is 0.0939. The number of nitrogen functional groups attached to an aromatic ring is 1. The molecule has 1 aromatic carbocycles. The Kier molecular flexibility index (Phi) is 3.44. The highest BCUT2D eigenvalue weighted by Gasteiger charge is 2.07. The van der Waals surface area contributed by atoms with Crippen molar-refractivity contribution in [1.82, 2.24) is 10.2 Å². The van der Waals surface area contributed by atoms with Crippen LogP contribution >= 0.6 is 23.1 Å². The van der Waals surface area contributed by atoms with Crippen LogP contribution in [0.1, 0.15) is 16.1 Å². The number of nitrogens with zero attached hydrogens (tertiary/aromatic N) is 2. The Morgan fingerprint density at radius 3 is 2.65 bits per heavy atom. The van der Waals surface area contributed by atoms with E-state index in [4.69, 9.17) is 11.1 Å². The van der Waals surface area contributed by atoms with E-state index in [1.807, 2.05) is 32.0 Å². The summed E-state index contributed by atoms with van der Waals surface area (Å²) in [5, 5.41) is 16.4. The highest BCUT2D eigenvalue weighted by molar-refractivity contribution is 8.01. The molecule has 0 saturated carbocycles. The molecule has 0 atom stereocenters. The van der Waals surface area contributed by atoms with Gasteiger partial charge in [-0.25, -0.2) is 0 Å². The highest BCUT2D eigenvalue weighted by Crippen LogP contribution is 2.32. The lowest BCUT2D eigenvalue weighted by Crippen LogP contribution is -2.10. The zero-order valence-corrected chi connectivity index (χ0v) is 11.2. The van der Waals surface area contributed by atoms with Gasteiger partial charge < -0.3 is 5.73 Å². The van der Waals surface area contributed by atoms with Gasteiger partial charge in [0, 0.05) is 10.5 Å². The van der Waals surface area contributed by atoms with Crippen LogP contribution in [0.15, 0.2) is 27.4 Å². The first-order valence-electron chi connectivity index (χ1n) is 4.99. The van der Waals surface area contributed by atoms with Crippen molar-refractivity contribution in [2.45, 2.75) is 23.1 Å². The molecule has 0 fully saturated rings. The van der Waals surface area contributed by atoms with Crippen molar-refractivity contribution in [3.8, 4) is 0 Å². The summed E-state index contributed by atoms with van der Waals surface area (Å²) in [5.41, 5.74) is 7.29. The molecule has 0 unspecified atom stereocenters. The third-order valence-corrected chi connectivity index (χ3v) is 4.26. The van der Waals surface area contributed by atoms with Gasteiger partial charge in [0.2, 0.25) is 0 Å². The van der Waals surface area contributed by atoms with Gasteiger partial charge in [0.25, 0.3) is 0 Å². The number of amidine groups is 1. The first-order chi connectivity index (χ1) is 8.06. The first kappa shape index (κ1) is 12.1. The summed E-state index contributed by atoms with van der Waals surface area (Å²) >= 11 is 3.16. The van der Waals surface area contributed by atoms with Gasteiger partial charge in [0.1, 0.15) is 10.8 Å². The average Bonchev–Trinajstić information content (AvgIpc) is 2.67. The number of nitrogens with one attached hydrogen (secondary N) is 1. The number of nitrogens with two attached hydrogens (primary N) is 1. The summed E-state index contributed by atoms with van der Waals surface area (Å²) in [4.78, 5) is 1.12. The molecule has 0 bridgehead atoms. The summed E-state index contributed by atoms with van der Waals surface area (Å²) in [6.07, 6.45) is 0. The predicted octanol–water partition coefficient (Wildman–Crippen LogP) is 2.59. The maximum absolute atomic E-state index is 7.38. The van der Waals surface area contributed by atoms with Gasteiger partial charge in [-0.15, -0.1) is 10.2 Å². The van der Waals surface area contributed by atoms with Crippen molar-refractivity contribution < 1.29 is 0 Å². The molecular weight excluding hydrogens is 252 g/mol. The fraction of sp³-hybridized carbons (Fsp3) is 0.182. The van der Waals surface area contributed by atoms with Crippen LogP contribution in [0.5, 0.6) is 0 Å². The molecule has 2 aromatic rings. The Hall–Kier alpha value is -1.40. The fourth-order valence-corrected chi connectivity index (χ4v) is 3.18. The molecule has 1 heterocycles. The largest absolute Gasteiger partial charge is 0.384 e. The molecule has 0 spiro atoms. The highest BCUT2D eigenvalue weighted by atomic mass is 32.2. The Labute approximate surface area is 108 Å². The minimum atomic E-state index is 0.0939. The molecule has 2 rings (SSSR count). The monoisotopic (exact) mass is 264 g/mol. The molecule has 1 aromatic heterocycles. The quantitative estimate of drug-likeness (QED) is 0.660. The predicted molar refractivity (Wildman–Crippen MR) is 71.0 cm³/mol. The standard InChI is InChI=1S/C11H12N4S2/c1-6-5-8(10(12)13)3-4-9(6)17-11-15-14-7(2)16-11/h3-5H,1-2H3,(H3,12,13). The van der Waals surface area contributed by atoms with Crippen molar-refractivity contribution in [3.05, 3.63) is 34.3 Å².